The van der Waals surface area contributed by atoms with Crippen molar-refractivity contribution >= 4 is 11.9 Å². The van der Waals surface area contributed by atoms with Crippen LogP contribution < -0.4 is 0 Å². The summed E-state index contributed by atoms with van der Waals surface area (Å²) in [5.41, 5.74) is 0. The molecule has 0 spiro atoms. The van der Waals surface area contributed by atoms with Crippen LogP contribution in [0.4, 0.5) is 0 Å². The van der Waals surface area contributed by atoms with Crippen LogP contribution in [0.25, 0.3) is 0 Å². The Balaban J connectivity index is 1.99. The highest BCUT2D eigenvalue weighted by Crippen LogP contribution is 2.26. The van der Waals surface area contributed by atoms with E-state index in [1.807, 2.05) is 0 Å². The van der Waals surface area contributed by atoms with Gasteiger partial charge in [-0.3, -0.25) is 9.59 Å². The average Bonchev–Trinajstić information content (AvgIpc) is 2.57. The number of ether oxygens (including phenoxy) is 2. The first-order chi connectivity index (χ1) is 11.6. The number of carbonyl (C=O) groups is 2. The summed E-state index contributed by atoms with van der Waals surface area (Å²) in [6.07, 6.45) is 11.2. The minimum absolute atomic E-state index is 0.121. The van der Waals surface area contributed by atoms with Crippen LogP contribution in [0.2, 0.25) is 0 Å². The zero-order valence-corrected chi connectivity index (χ0v) is 15.1. The molecular formula is C19H34O5. The average molecular weight is 342 g/mol. The fourth-order valence-electron chi connectivity index (χ4n) is 3.07. The van der Waals surface area contributed by atoms with Crippen molar-refractivity contribution in [3.8, 4) is 0 Å². The molecule has 1 saturated carbocycles. The van der Waals surface area contributed by atoms with Gasteiger partial charge in [-0.15, -0.1) is 0 Å². The first kappa shape index (κ1) is 20.9. The Bertz CT molecular complexity index is 348. The lowest BCUT2D eigenvalue weighted by Crippen LogP contribution is -2.25. The molecule has 1 aliphatic rings. The van der Waals surface area contributed by atoms with Crippen LogP contribution in [0, 0.1) is 5.92 Å². The van der Waals surface area contributed by atoms with Crippen LogP contribution >= 0.6 is 0 Å². The third-order valence-corrected chi connectivity index (χ3v) is 4.65. The third kappa shape index (κ3) is 10.6. The second kappa shape index (κ2) is 13.2. The quantitative estimate of drug-likeness (QED) is 0.398. The Labute approximate surface area is 146 Å². The lowest BCUT2D eigenvalue weighted by Gasteiger charge is -2.28. The summed E-state index contributed by atoms with van der Waals surface area (Å²) in [7, 11) is 0. The van der Waals surface area contributed by atoms with Crippen molar-refractivity contribution in [1.82, 2.24) is 0 Å². The van der Waals surface area contributed by atoms with Crippen LogP contribution in [0.1, 0.15) is 84.0 Å². The van der Waals surface area contributed by atoms with Gasteiger partial charge in [0.1, 0.15) is 0 Å². The van der Waals surface area contributed by atoms with Crippen molar-refractivity contribution in [2.24, 2.45) is 5.92 Å². The summed E-state index contributed by atoms with van der Waals surface area (Å²) in [5, 5.41) is 8.54. The highest BCUT2D eigenvalue weighted by Gasteiger charge is 2.22. The fraction of sp³-hybridized carbons (Fsp3) is 0.895. The molecule has 1 fully saturated rings. The predicted octanol–water partition coefficient (Wildman–Crippen LogP) is 4.33. The third-order valence-electron chi connectivity index (χ3n) is 4.65. The number of unbranched alkanes of at least 4 members (excludes halogenated alkanes) is 4. The molecule has 1 aliphatic carbocycles. The van der Waals surface area contributed by atoms with E-state index in [2.05, 4.69) is 6.92 Å². The SMILES string of the molecule is CCCCCCOC1CCC(COC(=O)CCCCC(=O)O)CC1. The normalized spacial score (nSPS) is 20.7. The Morgan fingerprint density at radius 3 is 2.33 bits per heavy atom. The molecule has 0 heterocycles. The summed E-state index contributed by atoms with van der Waals surface area (Å²) in [4.78, 5) is 22.0. The molecule has 0 aliphatic heterocycles. The lowest BCUT2D eigenvalue weighted by atomic mass is 9.88. The molecule has 5 heteroatoms. The maximum atomic E-state index is 11.6. The molecule has 0 saturated heterocycles. The maximum Gasteiger partial charge on any atom is 0.305 e. The summed E-state index contributed by atoms with van der Waals surface area (Å²) in [6, 6.07) is 0. The number of esters is 1. The van der Waals surface area contributed by atoms with Crippen molar-refractivity contribution in [2.75, 3.05) is 13.2 Å². The van der Waals surface area contributed by atoms with Gasteiger partial charge in [0.05, 0.1) is 12.7 Å². The van der Waals surface area contributed by atoms with Gasteiger partial charge in [0.25, 0.3) is 0 Å². The summed E-state index contributed by atoms with van der Waals surface area (Å²) < 4.78 is 11.3. The number of aliphatic carboxylic acids is 1. The summed E-state index contributed by atoms with van der Waals surface area (Å²) in [6.45, 7) is 3.59. The van der Waals surface area contributed by atoms with Crippen LogP contribution in [0.5, 0.6) is 0 Å². The predicted molar refractivity (Wildman–Crippen MR) is 92.9 cm³/mol. The van der Waals surface area contributed by atoms with Gasteiger partial charge in [0, 0.05) is 19.4 Å². The molecule has 140 valence electrons. The van der Waals surface area contributed by atoms with E-state index in [9.17, 15) is 9.59 Å². The molecule has 0 unspecified atom stereocenters. The molecule has 5 nitrogen and oxygen atoms in total. The molecule has 1 rings (SSSR count). The van der Waals surface area contributed by atoms with E-state index in [1.165, 1.54) is 19.3 Å². The Morgan fingerprint density at radius 1 is 0.958 bits per heavy atom. The van der Waals surface area contributed by atoms with Gasteiger partial charge in [-0.25, -0.2) is 0 Å². The second-order valence-corrected chi connectivity index (χ2v) is 6.86. The lowest BCUT2D eigenvalue weighted by molar-refractivity contribution is -0.146. The standard InChI is InChI=1S/C19H34O5/c1-2-3-4-7-14-23-17-12-10-16(11-13-17)15-24-19(22)9-6-5-8-18(20)21/h16-17H,2-15H2,1H3,(H,20,21). The highest BCUT2D eigenvalue weighted by atomic mass is 16.5. The maximum absolute atomic E-state index is 11.6. The molecule has 0 radical (unpaired) electrons. The molecule has 0 aromatic heterocycles. The van der Waals surface area contributed by atoms with Crippen molar-refractivity contribution < 1.29 is 24.2 Å². The van der Waals surface area contributed by atoms with Crippen LogP contribution in [0.15, 0.2) is 0 Å². The molecular weight excluding hydrogens is 308 g/mol. The van der Waals surface area contributed by atoms with Gasteiger partial charge >= 0.3 is 11.9 Å². The fourth-order valence-corrected chi connectivity index (χ4v) is 3.07. The zero-order valence-electron chi connectivity index (χ0n) is 15.1. The molecule has 0 aromatic carbocycles. The molecule has 0 amide bonds. The Hall–Kier alpha value is -1.10. The summed E-state index contributed by atoms with van der Waals surface area (Å²) >= 11 is 0. The van der Waals surface area contributed by atoms with Gasteiger partial charge in [0.2, 0.25) is 0 Å². The van der Waals surface area contributed by atoms with Gasteiger partial charge in [0.15, 0.2) is 0 Å². The number of hydrogen-bond donors (Lipinski definition) is 1. The van der Waals surface area contributed by atoms with Crippen LogP contribution in [-0.2, 0) is 19.1 Å². The van der Waals surface area contributed by atoms with Crippen LogP contribution in [-0.4, -0.2) is 36.4 Å². The molecule has 0 aromatic rings. The Kier molecular flexibility index (Phi) is 11.5. The minimum Gasteiger partial charge on any atom is -0.481 e. The van der Waals surface area contributed by atoms with E-state index < -0.39 is 5.97 Å². The first-order valence-electron chi connectivity index (χ1n) is 9.60. The monoisotopic (exact) mass is 342 g/mol. The van der Waals surface area contributed by atoms with E-state index in [0.29, 0.717) is 37.9 Å². The number of carbonyl (C=O) groups excluding carboxylic acids is 1. The van der Waals surface area contributed by atoms with Gasteiger partial charge < -0.3 is 14.6 Å². The molecule has 0 atom stereocenters. The minimum atomic E-state index is -0.812. The Morgan fingerprint density at radius 2 is 1.67 bits per heavy atom. The van der Waals surface area contributed by atoms with E-state index in [0.717, 1.165) is 38.7 Å². The summed E-state index contributed by atoms with van der Waals surface area (Å²) in [5.74, 6) is -0.560. The smallest absolute Gasteiger partial charge is 0.305 e. The van der Waals surface area contributed by atoms with E-state index in [4.69, 9.17) is 14.6 Å². The number of rotatable bonds is 13. The van der Waals surface area contributed by atoms with Gasteiger partial charge in [-0.2, -0.15) is 0 Å². The highest BCUT2D eigenvalue weighted by molar-refractivity contribution is 5.69. The number of hydrogen-bond acceptors (Lipinski definition) is 4. The zero-order chi connectivity index (χ0) is 17.6. The van der Waals surface area contributed by atoms with E-state index in [-0.39, 0.29) is 12.4 Å². The van der Waals surface area contributed by atoms with Crippen molar-refractivity contribution in [2.45, 2.75) is 90.1 Å². The van der Waals surface area contributed by atoms with Crippen LogP contribution in [0.3, 0.4) is 0 Å². The first-order valence-corrected chi connectivity index (χ1v) is 9.60. The largest absolute Gasteiger partial charge is 0.481 e. The van der Waals surface area contributed by atoms with Crippen molar-refractivity contribution in [3.05, 3.63) is 0 Å². The van der Waals surface area contributed by atoms with E-state index >= 15 is 0 Å². The van der Waals surface area contributed by atoms with Gasteiger partial charge in [-0.05, 0) is 50.9 Å². The number of carboxylic acid groups (broad SMARTS) is 1. The van der Waals surface area contributed by atoms with Crippen molar-refractivity contribution in [1.29, 1.82) is 0 Å². The molecule has 0 bridgehead atoms. The topological polar surface area (TPSA) is 72.8 Å². The molecule has 24 heavy (non-hydrogen) atoms. The molecule has 1 N–H and O–H groups in total. The van der Waals surface area contributed by atoms with Crippen molar-refractivity contribution in [3.63, 3.8) is 0 Å². The van der Waals surface area contributed by atoms with Gasteiger partial charge in [-0.1, -0.05) is 26.2 Å². The van der Waals surface area contributed by atoms with E-state index in [1.54, 1.807) is 0 Å². The number of carboxylic acids is 1. The second-order valence-electron chi connectivity index (χ2n) is 6.86.